The van der Waals surface area contributed by atoms with Crippen LogP contribution in [0, 0.1) is 0 Å². The molecule has 0 aromatic heterocycles. The number of anilines is 1. The van der Waals surface area contributed by atoms with Gasteiger partial charge < -0.3 is 14.9 Å². The fourth-order valence-electron chi connectivity index (χ4n) is 4.99. The van der Waals surface area contributed by atoms with Crippen LogP contribution in [0.2, 0.25) is 16.6 Å². The van der Waals surface area contributed by atoms with Crippen LogP contribution in [0.3, 0.4) is 0 Å². The van der Waals surface area contributed by atoms with Gasteiger partial charge in [0, 0.05) is 17.2 Å². The molecule has 0 saturated heterocycles. The Balaban J connectivity index is 3.39. The van der Waals surface area contributed by atoms with E-state index < -0.39 is 8.32 Å². The van der Waals surface area contributed by atoms with Crippen LogP contribution < -0.4 is 10.5 Å². The monoisotopic (exact) mass is 431 g/mol. The molecule has 4 heteroatoms. The van der Waals surface area contributed by atoms with E-state index in [9.17, 15) is 0 Å². The molecule has 0 spiro atoms. The zero-order valence-corrected chi connectivity index (χ0v) is 21.9. The molecule has 0 saturated carbocycles. The van der Waals surface area contributed by atoms with E-state index in [2.05, 4.69) is 74.6 Å². The van der Waals surface area contributed by atoms with Crippen molar-refractivity contribution in [2.75, 3.05) is 12.8 Å². The lowest BCUT2D eigenvalue weighted by molar-refractivity contribution is 0.266. The average molecular weight is 432 g/mol. The molecule has 1 aromatic rings. The van der Waals surface area contributed by atoms with Gasteiger partial charge in [0.15, 0.2) is 0 Å². The largest absolute Gasteiger partial charge is 0.497 e. The molecule has 0 amide bonds. The maximum absolute atomic E-state index is 6.84. The topological polar surface area (TPSA) is 44.5 Å². The van der Waals surface area contributed by atoms with E-state index in [0.717, 1.165) is 41.0 Å². The van der Waals surface area contributed by atoms with Gasteiger partial charge in [-0.1, -0.05) is 59.3 Å². The molecular formula is C26H45NO2Si. The Morgan fingerprint density at radius 3 is 1.93 bits per heavy atom. The molecule has 3 nitrogen and oxygen atoms in total. The summed E-state index contributed by atoms with van der Waals surface area (Å²) in [5.41, 5.74) is 13.5. The molecule has 2 N–H and O–H groups in total. The normalized spacial score (nSPS) is 13.2. The molecule has 0 aliphatic carbocycles. The van der Waals surface area contributed by atoms with Crippen molar-refractivity contribution in [2.24, 2.45) is 0 Å². The number of benzene rings is 1. The fraction of sp³-hybridized carbons (Fsp3) is 0.615. The molecule has 1 aromatic carbocycles. The Bertz CT molecular complexity index is 715. The molecule has 0 radical (unpaired) electrons. The van der Waals surface area contributed by atoms with E-state index in [1.165, 1.54) is 5.57 Å². The highest BCUT2D eigenvalue weighted by Crippen LogP contribution is 2.44. The van der Waals surface area contributed by atoms with Crippen LogP contribution in [-0.4, -0.2) is 15.4 Å². The first-order valence-electron chi connectivity index (χ1n) is 11.3. The summed E-state index contributed by atoms with van der Waals surface area (Å²) in [6.45, 7) is 26.8. The Kier molecular flexibility index (Phi) is 9.89. The van der Waals surface area contributed by atoms with Crippen LogP contribution in [-0.2, 0) is 11.0 Å². The van der Waals surface area contributed by atoms with E-state index in [1.54, 1.807) is 7.11 Å². The summed E-state index contributed by atoms with van der Waals surface area (Å²) in [7, 11) is -0.276. The predicted molar refractivity (Wildman–Crippen MR) is 135 cm³/mol. The van der Waals surface area contributed by atoms with Gasteiger partial charge >= 0.3 is 0 Å². The summed E-state index contributed by atoms with van der Waals surface area (Å²) < 4.78 is 12.5. The Morgan fingerprint density at radius 2 is 1.53 bits per heavy atom. The van der Waals surface area contributed by atoms with Crippen LogP contribution in [0.4, 0.5) is 5.69 Å². The SMILES string of the molecule is C=C(C)CC[C@@H](C(=C)C)c1cc(OC)cc(CO[Si](C(C)C)(C(C)C)C(C)C)c1N. The molecule has 170 valence electrons. The maximum Gasteiger partial charge on any atom is 0.200 e. The van der Waals surface area contributed by atoms with Gasteiger partial charge in [-0.2, -0.15) is 0 Å². The molecule has 30 heavy (non-hydrogen) atoms. The highest BCUT2D eigenvalue weighted by molar-refractivity contribution is 6.77. The number of ether oxygens (including phenoxy) is 1. The lowest BCUT2D eigenvalue weighted by Gasteiger charge is -2.42. The zero-order chi connectivity index (χ0) is 23.2. The van der Waals surface area contributed by atoms with Gasteiger partial charge in [-0.25, -0.2) is 0 Å². The quantitative estimate of drug-likeness (QED) is 0.207. The van der Waals surface area contributed by atoms with Crippen molar-refractivity contribution in [3.05, 3.63) is 47.6 Å². The van der Waals surface area contributed by atoms with Gasteiger partial charge in [0.25, 0.3) is 0 Å². The number of hydrogen-bond acceptors (Lipinski definition) is 3. The van der Waals surface area contributed by atoms with Crippen molar-refractivity contribution in [1.82, 2.24) is 0 Å². The van der Waals surface area contributed by atoms with E-state index in [0.29, 0.717) is 23.2 Å². The molecule has 0 heterocycles. The van der Waals surface area contributed by atoms with Gasteiger partial charge in [-0.05, 0) is 61.0 Å². The third-order valence-corrected chi connectivity index (χ3v) is 12.6. The molecule has 1 atom stereocenters. The van der Waals surface area contributed by atoms with E-state index in [4.69, 9.17) is 14.9 Å². The molecule has 1 rings (SSSR count). The standard InChI is InChI=1S/C26H45NO2Si/c1-17(2)12-13-24(18(3)4)25-15-23(28-11)14-22(26(25)27)16-29-30(19(5)6,20(7)8)21(9)10/h14-15,19-21,24H,1,3,12-13,16,27H2,2,4-11H3/t24-/m0/s1. The minimum atomic E-state index is -1.98. The fourth-order valence-corrected chi connectivity index (χ4v) is 10.4. The summed E-state index contributed by atoms with van der Waals surface area (Å²) in [6.07, 6.45) is 1.90. The van der Waals surface area contributed by atoms with Gasteiger partial charge in [-0.15, -0.1) is 6.58 Å². The van der Waals surface area contributed by atoms with Crippen molar-refractivity contribution in [2.45, 2.75) is 97.4 Å². The Morgan fingerprint density at radius 1 is 1.00 bits per heavy atom. The third kappa shape index (κ3) is 6.01. The van der Waals surface area contributed by atoms with E-state index >= 15 is 0 Å². The number of methoxy groups -OCH3 is 1. The minimum Gasteiger partial charge on any atom is -0.497 e. The second-order valence-corrected chi connectivity index (χ2v) is 15.3. The second-order valence-electron chi connectivity index (χ2n) is 9.79. The first-order chi connectivity index (χ1) is 13.9. The van der Waals surface area contributed by atoms with Crippen molar-refractivity contribution in [3.8, 4) is 5.75 Å². The second kappa shape index (κ2) is 11.2. The number of nitrogen functional groups attached to an aromatic ring is 1. The number of nitrogens with two attached hydrogens (primary N) is 1. The first kappa shape index (κ1) is 26.5. The van der Waals surface area contributed by atoms with Crippen molar-refractivity contribution in [3.63, 3.8) is 0 Å². The summed E-state index contributed by atoms with van der Waals surface area (Å²) in [6, 6.07) is 4.10. The third-order valence-electron chi connectivity index (χ3n) is 6.52. The van der Waals surface area contributed by atoms with Gasteiger partial charge in [0.05, 0.1) is 13.7 Å². The van der Waals surface area contributed by atoms with Crippen LogP contribution in [0.15, 0.2) is 36.4 Å². The highest BCUT2D eigenvalue weighted by Gasteiger charge is 2.45. The van der Waals surface area contributed by atoms with E-state index in [1.807, 2.05) is 6.07 Å². The van der Waals surface area contributed by atoms with Crippen molar-refractivity contribution < 1.29 is 9.16 Å². The van der Waals surface area contributed by atoms with Gasteiger partial charge in [-0.3, -0.25) is 0 Å². The Hall–Kier alpha value is -1.52. The smallest absolute Gasteiger partial charge is 0.200 e. The predicted octanol–water partition coefficient (Wildman–Crippen LogP) is 7.99. The number of allylic oxidation sites excluding steroid dienone is 2. The molecule has 0 bridgehead atoms. The summed E-state index contributed by atoms with van der Waals surface area (Å²) in [4.78, 5) is 0. The average Bonchev–Trinajstić information content (AvgIpc) is 2.63. The van der Waals surface area contributed by atoms with Gasteiger partial charge in [0.2, 0.25) is 8.32 Å². The summed E-state index contributed by atoms with van der Waals surface area (Å²) in [5.74, 6) is 1.00. The van der Waals surface area contributed by atoms with Crippen LogP contribution >= 0.6 is 0 Å². The molecule has 0 aliphatic heterocycles. The van der Waals surface area contributed by atoms with Crippen molar-refractivity contribution in [1.29, 1.82) is 0 Å². The van der Waals surface area contributed by atoms with Crippen LogP contribution in [0.5, 0.6) is 5.75 Å². The maximum atomic E-state index is 6.84. The summed E-state index contributed by atoms with van der Waals surface area (Å²) in [5, 5.41) is 0. The molecule has 0 unspecified atom stereocenters. The molecular weight excluding hydrogens is 386 g/mol. The lowest BCUT2D eigenvalue weighted by atomic mass is 9.85. The Labute approximate surface area is 186 Å². The minimum absolute atomic E-state index is 0.179. The van der Waals surface area contributed by atoms with Crippen LogP contribution in [0.25, 0.3) is 0 Å². The van der Waals surface area contributed by atoms with E-state index in [-0.39, 0.29) is 5.92 Å². The zero-order valence-electron chi connectivity index (χ0n) is 20.9. The summed E-state index contributed by atoms with van der Waals surface area (Å²) >= 11 is 0. The highest BCUT2D eigenvalue weighted by atomic mass is 28.4. The lowest BCUT2D eigenvalue weighted by Crippen LogP contribution is -2.47. The molecule has 0 aliphatic rings. The molecule has 0 fully saturated rings. The first-order valence-corrected chi connectivity index (χ1v) is 13.4. The van der Waals surface area contributed by atoms with Crippen molar-refractivity contribution >= 4 is 14.0 Å². The number of rotatable bonds is 12. The number of hydrogen-bond donors (Lipinski definition) is 1. The van der Waals surface area contributed by atoms with Crippen LogP contribution in [0.1, 0.15) is 85.3 Å². The van der Waals surface area contributed by atoms with Gasteiger partial charge in [0.1, 0.15) is 5.75 Å².